The molecule has 0 saturated carbocycles. The quantitative estimate of drug-likeness (QED) is 0.616. The molecular formula is C10H5BrClF2N3O2. The predicted molar refractivity (Wildman–Crippen MR) is 67.9 cm³/mol. The van der Waals surface area contributed by atoms with Gasteiger partial charge >= 0.3 is 5.69 Å². The van der Waals surface area contributed by atoms with Gasteiger partial charge in [0.2, 0.25) is 10.8 Å². The van der Waals surface area contributed by atoms with Crippen molar-refractivity contribution in [2.24, 2.45) is 0 Å². The number of hydrogen-bond donors (Lipinski definition) is 0. The number of nitrogens with zero attached hydrogens (tertiary/aromatic N) is 3. The predicted octanol–water partition coefficient (Wildman–Crippen LogP) is 4.13. The van der Waals surface area contributed by atoms with Crippen molar-refractivity contribution in [2.75, 3.05) is 0 Å². The van der Waals surface area contributed by atoms with Crippen molar-refractivity contribution >= 4 is 33.2 Å². The molecular weight excluding hydrogens is 347 g/mol. The standard InChI is InChI=1S/C10H5BrClF2N3O2/c11-5-2-1-3-6(4-5)16-9(12)8(17(18)19)7(15-16)10(13)14/h1-4,10H. The van der Waals surface area contributed by atoms with Crippen LogP contribution in [0, 0.1) is 10.1 Å². The van der Waals surface area contributed by atoms with Crippen LogP contribution < -0.4 is 0 Å². The van der Waals surface area contributed by atoms with Crippen LogP contribution in [0.1, 0.15) is 12.1 Å². The summed E-state index contributed by atoms with van der Waals surface area (Å²) >= 11 is 8.97. The first-order valence-corrected chi connectivity index (χ1v) is 6.05. The highest BCUT2D eigenvalue weighted by Gasteiger charge is 2.32. The summed E-state index contributed by atoms with van der Waals surface area (Å²) in [6.07, 6.45) is -3.08. The molecule has 1 aromatic heterocycles. The van der Waals surface area contributed by atoms with E-state index in [0.717, 1.165) is 4.68 Å². The minimum Gasteiger partial charge on any atom is -0.258 e. The Kier molecular flexibility index (Phi) is 3.81. The number of hydrogen-bond acceptors (Lipinski definition) is 3. The van der Waals surface area contributed by atoms with E-state index in [4.69, 9.17) is 11.6 Å². The van der Waals surface area contributed by atoms with Gasteiger partial charge < -0.3 is 0 Å². The lowest BCUT2D eigenvalue weighted by molar-refractivity contribution is -0.386. The third kappa shape index (κ3) is 2.59. The van der Waals surface area contributed by atoms with Crippen molar-refractivity contribution in [3.63, 3.8) is 0 Å². The van der Waals surface area contributed by atoms with E-state index in [2.05, 4.69) is 21.0 Å². The second-order valence-corrected chi connectivity index (χ2v) is 4.75. The fraction of sp³-hybridized carbons (Fsp3) is 0.100. The summed E-state index contributed by atoms with van der Waals surface area (Å²) in [5.74, 6) is 0. The van der Waals surface area contributed by atoms with Crippen LogP contribution in [0.25, 0.3) is 5.69 Å². The van der Waals surface area contributed by atoms with Crippen LogP contribution in [0.4, 0.5) is 14.5 Å². The highest BCUT2D eigenvalue weighted by molar-refractivity contribution is 9.10. The first-order chi connectivity index (χ1) is 8.91. The van der Waals surface area contributed by atoms with Crippen molar-refractivity contribution in [2.45, 2.75) is 6.43 Å². The monoisotopic (exact) mass is 351 g/mol. The Morgan fingerprint density at radius 3 is 2.63 bits per heavy atom. The molecule has 0 atom stereocenters. The van der Waals surface area contributed by atoms with E-state index in [1.165, 1.54) is 0 Å². The first-order valence-electron chi connectivity index (χ1n) is 4.88. The van der Waals surface area contributed by atoms with Crippen LogP contribution in [-0.2, 0) is 0 Å². The van der Waals surface area contributed by atoms with Crippen LogP contribution in [0.2, 0.25) is 5.15 Å². The molecule has 0 N–H and O–H groups in total. The smallest absolute Gasteiger partial charge is 0.258 e. The topological polar surface area (TPSA) is 61.0 Å². The molecule has 0 aliphatic rings. The number of rotatable bonds is 3. The van der Waals surface area contributed by atoms with Gasteiger partial charge in [0, 0.05) is 4.47 Å². The summed E-state index contributed by atoms with van der Waals surface area (Å²) < 4.78 is 27.0. The molecule has 2 rings (SSSR count). The van der Waals surface area contributed by atoms with Crippen molar-refractivity contribution in [1.82, 2.24) is 9.78 Å². The minimum absolute atomic E-state index is 0.342. The van der Waals surface area contributed by atoms with Gasteiger partial charge in [0.15, 0.2) is 0 Å². The van der Waals surface area contributed by atoms with Crippen molar-refractivity contribution in [1.29, 1.82) is 0 Å². The number of aromatic nitrogens is 2. The van der Waals surface area contributed by atoms with Gasteiger partial charge in [0.25, 0.3) is 6.43 Å². The van der Waals surface area contributed by atoms with Crippen LogP contribution in [0.5, 0.6) is 0 Å². The van der Waals surface area contributed by atoms with Crippen LogP contribution in [0.15, 0.2) is 28.7 Å². The normalized spacial score (nSPS) is 11.0. The van der Waals surface area contributed by atoms with Crippen LogP contribution in [0.3, 0.4) is 0 Å². The van der Waals surface area contributed by atoms with E-state index < -0.39 is 27.9 Å². The van der Waals surface area contributed by atoms with E-state index in [1.807, 2.05) is 0 Å². The summed E-state index contributed by atoms with van der Waals surface area (Å²) in [7, 11) is 0. The number of alkyl halides is 2. The summed E-state index contributed by atoms with van der Waals surface area (Å²) in [6.45, 7) is 0. The van der Waals surface area contributed by atoms with Crippen LogP contribution >= 0.6 is 27.5 Å². The molecule has 1 aromatic carbocycles. The molecule has 0 amide bonds. The maximum absolute atomic E-state index is 12.7. The van der Waals surface area contributed by atoms with Gasteiger partial charge in [-0.25, -0.2) is 13.5 Å². The Bertz CT molecular complexity index is 648. The molecule has 0 spiro atoms. The molecule has 1 heterocycles. The Labute approximate surface area is 119 Å². The second kappa shape index (κ2) is 5.22. The van der Waals surface area contributed by atoms with Gasteiger partial charge in [-0.2, -0.15) is 5.10 Å². The molecule has 19 heavy (non-hydrogen) atoms. The lowest BCUT2D eigenvalue weighted by Crippen LogP contribution is -1.97. The van der Waals surface area contributed by atoms with Gasteiger partial charge in [-0.1, -0.05) is 33.6 Å². The van der Waals surface area contributed by atoms with Gasteiger partial charge in [-0.3, -0.25) is 10.1 Å². The van der Waals surface area contributed by atoms with Gasteiger partial charge in [-0.15, -0.1) is 0 Å². The highest BCUT2D eigenvalue weighted by atomic mass is 79.9. The maximum atomic E-state index is 12.7. The SMILES string of the molecule is O=[N+]([O-])c1c(C(F)F)nn(-c2cccc(Br)c2)c1Cl. The zero-order valence-electron chi connectivity index (χ0n) is 9.06. The Morgan fingerprint density at radius 1 is 1.47 bits per heavy atom. The summed E-state index contributed by atoms with van der Waals surface area (Å²) in [5.41, 5.74) is -1.49. The molecule has 0 radical (unpaired) electrons. The molecule has 0 saturated heterocycles. The van der Waals surface area contributed by atoms with Crippen molar-refractivity contribution in [3.8, 4) is 5.69 Å². The third-order valence-electron chi connectivity index (χ3n) is 2.27. The molecule has 100 valence electrons. The zero-order chi connectivity index (χ0) is 14.2. The maximum Gasteiger partial charge on any atom is 0.335 e. The Balaban J connectivity index is 2.66. The van der Waals surface area contributed by atoms with Crippen LogP contribution in [-0.4, -0.2) is 14.7 Å². The largest absolute Gasteiger partial charge is 0.335 e. The molecule has 9 heteroatoms. The highest BCUT2D eigenvalue weighted by Crippen LogP contribution is 2.36. The van der Waals surface area contributed by atoms with E-state index in [9.17, 15) is 18.9 Å². The summed E-state index contributed by atoms with van der Waals surface area (Å²) in [5, 5.41) is 13.8. The Morgan fingerprint density at radius 2 is 2.16 bits per heavy atom. The van der Waals surface area contributed by atoms with E-state index in [0.29, 0.717) is 10.2 Å². The average Bonchev–Trinajstić information content (AvgIpc) is 2.67. The molecule has 0 fully saturated rings. The van der Waals surface area contributed by atoms with E-state index >= 15 is 0 Å². The number of halogens is 4. The average molecular weight is 353 g/mol. The van der Waals surface area contributed by atoms with Crippen molar-refractivity contribution in [3.05, 3.63) is 49.7 Å². The zero-order valence-corrected chi connectivity index (χ0v) is 11.4. The lowest BCUT2D eigenvalue weighted by Gasteiger charge is -2.02. The minimum atomic E-state index is -3.08. The van der Waals surface area contributed by atoms with Gasteiger partial charge in [-0.05, 0) is 18.2 Å². The number of benzene rings is 1. The first kappa shape index (κ1) is 13.9. The fourth-order valence-corrected chi connectivity index (χ4v) is 2.19. The summed E-state index contributed by atoms with van der Waals surface area (Å²) in [4.78, 5) is 9.82. The molecule has 0 unspecified atom stereocenters. The van der Waals surface area contributed by atoms with E-state index in [-0.39, 0.29) is 0 Å². The molecule has 2 aromatic rings. The molecule has 0 aliphatic heterocycles. The van der Waals surface area contributed by atoms with Gasteiger partial charge in [0.05, 0.1) is 10.6 Å². The summed E-state index contributed by atoms with van der Waals surface area (Å²) in [6, 6.07) is 6.44. The molecule has 0 aliphatic carbocycles. The van der Waals surface area contributed by atoms with Crippen molar-refractivity contribution < 1.29 is 13.7 Å². The molecule has 0 bridgehead atoms. The fourth-order valence-electron chi connectivity index (χ4n) is 1.50. The molecule has 5 nitrogen and oxygen atoms in total. The van der Waals surface area contributed by atoms with Gasteiger partial charge in [0.1, 0.15) is 0 Å². The Hall–Kier alpha value is -1.54. The number of nitro groups is 1. The third-order valence-corrected chi connectivity index (χ3v) is 3.11. The second-order valence-electron chi connectivity index (χ2n) is 3.47. The van der Waals surface area contributed by atoms with E-state index in [1.54, 1.807) is 24.3 Å². The lowest BCUT2D eigenvalue weighted by atomic mass is 10.3.